The van der Waals surface area contributed by atoms with E-state index >= 15 is 0 Å². The van der Waals surface area contributed by atoms with Crippen LogP contribution in [-0.2, 0) is 6.54 Å². The number of piperazine rings is 1. The molecular weight excluding hydrogens is 396 g/mol. The summed E-state index contributed by atoms with van der Waals surface area (Å²) in [6.45, 7) is 7.05. The van der Waals surface area contributed by atoms with Gasteiger partial charge < -0.3 is 9.84 Å². The molecule has 0 bridgehead atoms. The smallest absolute Gasteiger partial charge is 0.138 e. The van der Waals surface area contributed by atoms with E-state index in [4.69, 9.17) is 16.3 Å². The van der Waals surface area contributed by atoms with Gasteiger partial charge in [-0.2, -0.15) is 0 Å². The maximum absolute atomic E-state index is 11.1. The topological polar surface area (TPSA) is 35.9 Å². The molecular formula is C25H29ClN2O2. The average molecular weight is 425 g/mol. The van der Waals surface area contributed by atoms with E-state index in [1.54, 1.807) is 7.11 Å². The molecule has 2 atom stereocenters. The Balaban J connectivity index is 1.40. The Morgan fingerprint density at radius 2 is 1.73 bits per heavy atom. The van der Waals surface area contributed by atoms with E-state index in [1.165, 1.54) is 5.56 Å². The number of rotatable bonds is 6. The van der Waals surface area contributed by atoms with Crippen molar-refractivity contribution in [3.63, 3.8) is 0 Å². The number of nitrogens with zero attached hydrogens (tertiary/aromatic N) is 2. The molecule has 158 valence electrons. The van der Waals surface area contributed by atoms with Gasteiger partial charge in [0.05, 0.1) is 18.2 Å². The van der Waals surface area contributed by atoms with Crippen LogP contribution in [0.25, 0.3) is 10.8 Å². The van der Waals surface area contributed by atoms with Crippen molar-refractivity contribution in [2.45, 2.75) is 25.6 Å². The molecule has 0 saturated carbocycles. The molecule has 3 aromatic rings. The summed E-state index contributed by atoms with van der Waals surface area (Å²) in [6.07, 6.45) is -0.545. The maximum atomic E-state index is 11.1. The molecule has 0 aliphatic carbocycles. The van der Waals surface area contributed by atoms with Crippen LogP contribution in [0, 0.1) is 0 Å². The van der Waals surface area contributed by atoms with Gasteiger partial charge in [-0.25, -0.2) is 0 Å². The van der Waals surface area contributed by atoms with Crippen LogP contribution in [0.1, 0.15) is 24.2 Å². The number of aliphatic hydroxyl groups excluding tert-OH is 1. The second-order valence-electron chi connectivity index (χ2n) is 8.05. The quantitative estimate of drug-likeness (QED) is 0.619. The molecule has 1 aliphatic heterocycles. The Bertz CT molecular complexity index is 987. The van der Waals surface area contributed by atoms with Crippen LogP contribution in [0.15, 0.2) is 60.7 Å². The number of benzene rings is 3. The van der Waals surface area contributed by atoms with Gasteiger partial charge in [-0.1, -0.05) is 60.1 Å². The van der Waals surface area contributed by atoms with E-state index in [-0.39, 0.29) is 6.04 Å². The Kier molecular flexibility index (Phi) is 6.59. The number of fused-ring (bicyclic) bond motifs is 1. The van der Waals surface area contributed by atoms with E-state index < -0.39 is 6.10 Å². The first kappa shape index (κ1) is 21.1. The first-order chi connectivity index (χ1) is 14.6. The number of methoxy groups -OCH3 is 1. The third kappa shape index (κ3) is 4.47. The lowest BCUT2D eigenvalue weighted by molar-refractivity contribution is 0.0245. The highest BCUT2D eigenvalue weighted by Gasteiger charge is 2.27. The lowest BCUT2D eigenvalue weighted by Gasteiger charge is -2.39. The molecule has 0 aromatic heterocycles. The molecule has 1 heterocycles. The summed E-state index contributed by atoms with van der Waals surface area (Å²) in [4.78, 5) is 4.87. The van der Waals surface area contributed by atoms with Gasteiger partial charge in [0.1, 0.15) is 5.75 Å². The molecule has 4 rings (SSSR count). The summed E-state index contributed by atoms with van der Waals surface area (Å²) >= 11 is 6.43. The highest BCUT2D eigenvalue weighted by atomic mass is 35.5. The fourth-order valence-corrected chi connectivity index (χ4v) is 4.59. The standard InChI is InChI=1S/C25H29ClN2O2/c1-18(28-14-12-27(13-15-28)17-19-6-4-3-5-7-19)25(29)21-8-10-22-20(16-21)9-11-23(30-2)24(22)26/h3-11,16,18,25,29H,12-15,17H2,1-2H3/t18-,25+/m1/s1. The van der Waals surface area contributed by atoms with Crippen molar-refractivity contribution in [1.29, 1.82) is 0 Å². The largest absolute Gasteiger partial charge is 0.495 e. The van der Waals surface area contributed by atoms with Gasteiger partial charge in [-0.05, 0) is 35.6 Å². The molecule has 1 fully saturated rings. The van der Waals surface area contributed by atoms with Crippen molar-refractivity contribution in [1.82, 2.24) is 9.80 Å². The monoisotopic (exact) mass is 424 g/mol. The summed E-state index contributed by atoms with van der Waals surface area (Å²) in [5.41, 5.74) is 2.27. The number of hydrogen-bond acceptors (Lipinski definition) is 4. The summed E-state index contributed by atoms with van der Waals surface area (Å²) in [6, 6.07) is 20.5. The fraction of sp³-hybridized carbons (Fsp3) is 0.360. The highest BCUT2D eigenvalue weighted by Crippen LogP contribution is 2.34. The zero-order chi connectivity index (χ0) is 21.1. The Morgan fingerprint density at radius 3 is 2.43 bits per heavy atom. The zero-order valence-corrected chi connectivity index (χ0v) is 18.3. The number of ether oxygens (including phenoxy) is 1. The maximum Gasteiger partial charge on any atom is 0.138 e. The van der Waals surface area contributed by atoms with Gasteiger partial charge in [0.15, 0.2) is 0 Å². The van der Waals surface area contributed by atoms with Crippen molar-refractivity contribution in [2.24, 2.45) is 0 Å². The van der Waals surface area contributed by atoms with Crippen molar-refractivity contribution < 1.29 is 9.84 Å². The number of aliphatic hydroxyl groups is 1. The Morgan fingerprint density at radius 1 is 1.00 bits per heavy atom. The van der Waals surface area contributed by atoms with E-state index in [1.807, 2.05) is 30.3 Å². The molecule has 0 spiro atoms. The third-order valence-electron chi connectivity index (χ3n) is 6.19. The Hall–Kier alpha value is -2.11. The Labute approximate surface area is 183 Å². The van der Waals surface area contributed by atoms with E-state index in [9.17, 15) is 5.11 Å². The van der Waals surface area contributed by atoms with E-state index in [2.05, 4.69) is 47.1 Å². The summed E-state index contributed by atoms with van der Waals surface area (Å²) in [5, 5.41) is 13.6. The predicted molar refractivity (Wildman–Crippen MR) is 123 cm³/mol. The molecule has 3 aromatic carbocycles. The summed E-state index contributed by atoms with van der Waals surface area (Å²) < 4.78 is 5.30. The van der Waals surface area contributed by atoms with Crippen LogP contribution in [0.2, 0.25) is 5.02 Å². The van der Waals surface area contributed by atoms with Crippen molar-refractivity contribution in [3.8, 4) is 5.75 Å². The first-order valence-electron chi connectivity index (χ1n) is 10.5. The van der Waals surface area contributed by atoms with Gasteiger partial charge in [0.25, 0.3) is 0 Å². The molecule has 1 N–H and O–H groups in total. The van der Waals surface area contributed by atoms with Gasteiger partial charge in [0, 0.05) is 44.2 Å². The molecule has 0 unspecified atom stereocenters. The molecule has 0 amide bonds. The number of halogens is 1. The van der Waals surface area contributed by atoms with E-state index in [0.29, 0.717) is 10.8 Å². The van der Waals surface area contributed by atoms with Gasteiger partial charge in [-0.15, -0.1) is 0 Å². The third-order valence-corrected chi connectivity index (χ3v) is 6.58. The van der Waals surface area contributed by atoms with Crippen LogP contribution in [0.4, 0.5) is 0 Å². The lowest BCUT2D eigenvalue weighted by Crippen LogP contribution is -2.50. The second kappa shape index (κ2) is 9.36. The first-order valence-corrected chi connectivity index (χ1v) is 10.9. The van der Waals surface area contributed by atoms with Crippen LogP contribution in [0.3, 0.4) is 0 Å². The van der Waals surface area contributed by atoms with Gasteiger partial charge in [-0.3, -0.25) is 9.80 Å². The van der Waals surface area contributed by atoms with Crippen molar-refractivity contribution in [3.05, 3.63) is 76.8 Å². The zero-order valence-electron chi connectivity index (χ0n) is 17.6. The van der Waals surface area contributed by atoms with Crippen LogP contribution in [-0.4, -0.2) is 54.2 Å². The average Bonchev–Trinajstić information content (AvgIpc) is 2.79. The summed E-state index contributed by atoms with van der Waals surface area (Å²) in [7, 11) is 1.62. The predicted octanol–water partition coefficient (Wildman–Crippen LogP) is 4.74. The van der Waals surface area contributed by atoms with Crippen LogP contribution >= 0.6 is 11.6 Å². The normalized spacial score (nSPS) is 17.7. The SMILES string of the molecule is COc1ccc2cc([C@@H](O)[C@@H](C)N3CCN(Cc4ccccc4)CC3)ccc2c1Cl. The molecule has 30 heavy (non-hydrogen) atoms. The minimum absolute atomic E-state index is 0.0510. The van der Waals surface area contributed by atoms with Crippen molar-refractivity contribution >= 4 is 22.4 Å². The fourth-order valence-electron chi connectivity index (χ4n) is 4.28. The van der Waals surface area contributed by atoms with Crippen molar-refractivity contribution in [2.75, 3.05) is 33.3 Å². The molecule has 4 nitrogen and oxygen atoms in total. The molecule has 5 heteroatoms. The lowest BCUT2D eigenvalue weighted by atomic mass is 9.98. The highest BCUT2D eigenvalue weighted by molar-refractivity contribution is 6.37. The van der Waals surface area contributed by atoms with Crippen LogP contribution in [0.5, 0.6) is 5.75 Å². The van der Waals surface area contributed by atoms with Crippen LogP contribution < -0.4 is 4.74 Å². The van der Waals surface area contributed by atoms with E-state index in [0.717, 1.165) is 49.1 Å². The summed E-state index contributed by atoms with van der Waals surface area (Å²) in [5.74, 6) is 0.666. The minimum atomic E-state index is -0.545. The number of hydrogen-bond donors (Lipinski definition) is 1. The molecule has 0 radical (unpaired) electrons. The molecule has 1 saturated heterocycles. The van der Waals surface area contributed by atoms with Gasteiger partial charge >= 0.3 is 0 Å². The van der Waals surface area contributed by atoms with Gasteiger partial charge in [0.2, 0.25) is 0 Å². The molecule has 1 aliphatic rings. The second-order valence-corrected chi connectivity index (χ2v) is 8.42. The minimum Gasteiger partial charge on any atom is -0.495 e.